The van der Waals surface area contributed by atoms with Crippen molar-refractivity contribution in [3.63, 3.8) is 0 Å². The third kappa shape index (κ3) is 7.67. The van der Waals surface area contributed by atoms with Gasteiger partial charge < -0.3 is 29.2 Å². The van der Waals surface area contributed by atoms with Gasteiger partial charge in [0, 0.05) is 49.5 Å². The van der Waals surface area contributed by atoms with E-state index >= 15 is 0 Å². The predicted octanol–water partition coefficient (Wildman–Crippen LogP) is 4.63. The van der Waals surface area contributed by atoms with Crippen LogP contribution < -0.4 is 19.7 Å². The fourth-order valence-corrected chi connectivity index (χ4v) is 5.30. The number of amides is 1. The molecule has 1 fully saturated rings. The Kier molecular flexibility index (Phi) is 9.78. The summed E-state index contributed by atoms with van der Waals surface area (Å²) in [5.74, 6) is 1.34. The molecule has 0 aromatic heterocycles. The van der Waals surface area contributed by atoms with Gasteiger partial charge in [-0.25, -0.2) is 0 Å². The van der Waals surface area contributed by atoms with E-state index in [1.165, 1.54) is 11.3 Å². The first-order valence-electron chi connectivity index (χ1n) is 13.7. The molecule has 0 atom stereocenters. The molecular formula is C31H36ClN3O5. The maximum atomic E-state index is 12.9. The van der Waals surface area contributed by atoms with Gasteiger partial charge in [-0.15, -0.1) is 0 Å². The molecule has 0 unspecified atom stereocenters. The Bertz CT molecular complexity index is 1300. The van der Waals surface area contributed by atoms with Crippen LogP contribution in [0.25, 0.3) is 0 Å². The van der Waals surface area contributed by atoms with Gasteiger partial charge in [-0.3, -0.25) is 9.69 Å². The van der Waals surface area contributed by atoms with Crippen LogP contribution >= 0.6 is 11.6 Å². The molecule has 2 aliphatic heterocycles. The van der Waals surface area contributed by atoms with Gasteiger partial charge in [-0.05, 0) is 47.5 Å². The average molecular weight is 566 g/mol. The van der Waals surface area contributed by atoms with Crippen molar-refractivity contribution in [2.75, 3.05) is 76.5 Å². The van der Waals surface area contributed by atoms with Crippen LogP contribution in [0.1, 0.15) is 16.7 Å². The van der Waals surface area contributed by atoms with E-state index in [-0.39, 0.29) is 12.5 Å². The number of benzene rings is 3. The second-order valence-electron chi connectivity index (χ2n) is 9.96. The number of anilines is 2. The van der Waals surface area contributed by atoms with Crippen molar-refractivity contribution in [2.24, 2.45) is 0 Å². The first kappa shape index (κ1) is 28.2. The molecule has 212 valence electrons. The van der Waals surface area contributed by atoms with Gasteiger partial charge >= 0.3 is 0 Å². The molecule has 0 aliphatic carbocycles. The number of carbonyl (C=O) groups excluding carboxylic acids is 1. The molecule has 0 radical (unpaired) electrons. The van der Waals surface area contributed by atoms with Crippen molar-refractivity contribution in [1.29, 1.82) is 0 Å². The lowest BCUT2D eigenvalue weighted by Crippen LogP contribution is -2.36. The second-order valence-corrected chi connectivity index (χ2v) is 10.4. The van der Waals surface area contributed by atoms with Gasteiger partial charge in [-0.1, -0.05) is 35.9 Å². The molecule has 2 aliphatic rings. The van der Waals surface area contributed by atoms with Crippen molar-refractivity contribution in [2.45, 2.75) is 13.0 Å². The molecule has 0 spiro atoms. The van der Waals surface area contributed by atoms with E-state index in [1.54, 1.807) is 25.3 Å². The van der Waals surface area contributed by atoms with Crippen LogP contribution in [0.3, 0.4) is 0 Å². The first-order chi connectivity index (χ1) is 19.6. The topological polar surface area (TPSA) is 72.5 Å². The van der Waals surface area contributed by atoms with Crippen molar-refractivity contribution in [3.8, 4) is 11.5 Å². The standard InChI is InChI=1S/C31H36ClN3O5/c1-37-30-7-5-26(20-28(30)32)33-31(36)22-34-9-12-39-15-16-40-29-8-6-27(35-10-13-38-14-11-35)19-25(29)18-23-3-2-4-24(17-23)21-34/h2-8,17,19-20H,9-16,18,21-22H2,1H3,(H,33,36). The van der Waals surface area contributed by atoms with Crippen molar-refractivity contribution < 1.29 is 23.7 Å². The number of carbonyl (C=O) groups is 1. The van der Waals surface area contributed by atoms with Crippen LogP contribution in [0.4, 0.5) is 11.4 Å². The normalized spacial score (nSPS) is 16.8. The minimum atomic E-state index is -0.119. The summed E-state index contributed by atoms with van der Waals surface area (Å²) in [6.07, 6.45) is 0.751. The zero-order chi connectivity index (χ0) is 27.7. The van der Waals surface area contributed by atoms with Crippen LogP contribution in [0.2, 0.25) is 5.02 Å². The second kappa shape index (κ2) is 13.9. The summed E-state index contributed by atoms with van der Waals surface area (Å²) in [4.78, 5) is 17.4. The van der Waals surface area contributed by atoms with E-state index in [0.29, 0.717) is 49.4 Å². The summed E-state index contributed by atoms with van der Waals surface area (Å²) in [6, 6.07) is 20.2. The van der Waals surface area contributed by atoms with Gasteiger partial charge in [0.2, 0.25) is 5.91 Å². The molecule has 8 nitrogen and oxygen atoms in total. The Morgan fingerprint density at radius 1 is 0.925 bits per heavy atom. The predicted molar refractivity (Wildman–Crippen MR) is 157 cm³/mol. The van der Waals surface area contributed by atoms with Gasteiger partial charge in [0.1, 0.15) is 18.1 Å². The smallest absolute Gasteiger partial charge is 0.238 e. The third-order valence-electron chi connectivity index (χ3n) is 7.05. The number of halogens is 1. The molecule has 1 N–H and O–H groups in total. The molecule has 9 heteroatoms. The molecule has 1 amide bonds. The molecular weight excluding hydrogens is 530 g/mol. The summed E-state index contributed by atoms with van der Waals surface area (Å²) in [5, 5.41) is 3.39. The molecule has 2 heterocycles. The zero-order valence-corrected chi connectivity index (χ0v) is 23.6. The van der Waals surface area contributed by atoms with Gasteiger partial charge in [0.25, 0.3) is 0 Å². The number of fused-ring (bicyclic) bond motifs is 3. The fourth-order valence-electron chi connectivity index (χ4n) is 5.05. The van der Waals surface area contributed by atoms with Gasteiger partial charge in [0.15, 0.2) is 0 Å². The number of ether oxygens (including phenoxy) is 4. The fraction of sp³-hybridized carbons (Fsp3) is 0.387. The molecule has 5 rings (SSSR count). The van der Waals surface area contributed by atoms with E-state index in [2.05, 4.69) is 57.6 Å². The highest BCUT2D eigenvalue weighted by Crippen LogP contribution is 2.29. The zero-order valence-electron chi connectivity index (χ0n) is 22.9. The number of hydrogen-bond acceptors (Lipinski definition) is 7. The highest BCUT2D eigenvalue weighted by Gasteiger charge is 2.17. The summed E-state index contributed by atoms with van der Waals surface area (Å²) >= 11 is 6.23. The van der Waals surface area contributed by atoms with E-state index in [0.717, 1.165) is 49.6 Å². The molecule has 1 saturated heterocycles. The van der Waals surface area contributed by atoms with Gasteiger partial charge in [-0.2, -0.15) is 0 Å². The lowest BCUT2D eigenvalue weighted by molar-refractivity contribution is -0.117. The summed E-state index contributed by atoms with van der Waals surface area (Å²) in [5.41, 5.74) is 5.30. The van der Waals surface area contributed by atoms with E-state index in [9.17, 15) is 4.79 Å². The van der Waals surface area contributed by atoms with Crippen molar-refractivity contribution in [1.82, 2.24) is 4.90 Å². The Morgan fingerprint density at radius 2 is 1.73 bits per heavy atom. The average Bonchev–Trinajstić information content (AvgIpc) is 2.96. The number of methoxy groups -OCH3 is 1. The summed E-state index contributed by atoms with van der Waals surface area (Å²) in [6.45, 7) is 6.15. The molecule has 2 bridgehead atoms. The van der Waals surface area contributed by atoms with E-state index in [4.69, 9.17) is 30.5 Å². The number of nitrogens with zero attached hydrogens (tertiary/aromatic N) is 2. The minimum absolute atomic E-state index is 0.119. The van der Waals surface area contributed by atoms with Crippen LogP contribution in [0.5, 0.6) is 11.5 Å². The highest BCUT2D eigenvalue weighted by atomic mass is 35.5. The lowest BCUT2D eigenvalue weighted by Gasteiger charge is -2.29. The molecule has 40 heavy (non-hydrogen) atoms. The maximum Gasteiger partial charge on any atom is 0.238 e. The van der Waals surface area contributed by atoms with Crippen molar-refractivity contribution in [3.05, 3.63) is 82.4 Å². The third-order valence-corrected chi connectivity index (χ3v) is 7.35. The Balaban J connectivity index is 1.31. The maximum absolute atomic E-state index is 12.9. The quantitative estimate of drug-likeness (QED) is 0.484. The molecule has 0 saturated carbocycles. The minimum Gasteiger partial charge on any atom is -0.495 e. The SMILES string of the molecule is COc1ccc(NC(=O)CN2CCOCCOc3ccc(N4CCOCC4)cc3Cc3cccc(c3)C2)cc1Cl. The van der Waals surface area contributed by atoms with Crippen molar-refractivity contribution >= 4 is 28.9 Å². The number of rotatable bonds is 5. The van der Waals surface area contributed by atoms with Crippen LogP contribution in [-0.4, -0.2) is 77.1 Å². The summed E-state index contributed by atoms with van der Waals surface area (Å²) < 4.78 is 22.8. The Morgan fingerprint density at radius 3 is 2.55 bits per heavy atom. The van der Waals surface area contributed by atoms with E-state index < -0.39 is 0 Å². The Hall–Kier alpha value is -3.30. The molecule has 3 aromatic rings. The lowest BCUT2D eigenvalue weighted by atomic mass is 10.0. The monoisotopic (exact) mass is 565 g/mol. The highest BCUT2D eigenvalue weighted by molar-refractivity contribution is 6.32. The Labute approximate surface area is 240 Å². The number of morpholine rings is 1. The van der Waals surface area contributed by atoms with Crippen LogP contribution in [-0.2, 0) is 27.2 Å². The molecule has 3 aromatic carbocycles. The van der Waals surface area contributed by atoms with E-state index in [1.807, 2.05) is 0 Å². The first-order valence-corrected chi connectivity index (χ1v) is 14.0. The van der Waals surface area contributed by atoms with Crippen LogP contribution in [0, 0.1) is 0 Å². The summed E-state index contributed by atoms with van der Waals surface area (Å²) in [7, 11) is 1.56. The number of nitrogens with one attached hydrogen (secondary N) is 1. The largest absolute Gasteiger partial charge is 0.495 e. The van der Waals surface area contributed by atoms with Gasteiger partial charge in [0.05, 0.1) is 45.1 Å². The van der Waals surface area contributed by atoms with Crippen LogP contribution in [0.15, 0.2) is 60.7 Å². The number of hydrogen-bond donors (Lipinski definition) is 1.